The third-order valence-electron chi connectivity index (χ3n) is 4.42. The molecule has 0 atom stereocenters. The predicted molar refractivity (Wildman–Crippen MR) is 109 cm³/mol. The van der Waals surface area contributed by atoms with Crippen LogP contribution in [0.15, 0.2) is 59.5 Å². The molecule has 3 rings (SSSR count). The summed E-state index contributed by atoms with van der Waals surface area (Å²) in [6.45, 7) is 2.57. The molecule has 0 bridgehead atoms. The highest BCUT2D eigenvalue weighted by Gasteiger charge is 2.28. The van der Waals surface area contributed by atoms with E-state index in [2.05, 4.69) is 4.90 Å². The van der Waals surface area contributed by atoms with Gasteiger partial charge >= 0.3 is 11.9 Å². The predicted octanol–water partition coefficient (Wildman–Crippen LogP) is 1.26. The number of nitro benzene ring substituents is 1. The Hall–Kier alpha value is -3.35. The lowest BCUT2D eigenvalue weighted by molar-refractivity contribution is -0.384. The number of benzene rings is 2. The van der Waals surface area contributed by atoms with Gasteiger partial charge in [-0.05, 0) is 17.7 Å². The summed E-state index contributed by atoms with van der Waals surface area (Å²) in [5.41, 5.74) is 0.927. The van der Waals surface area contributed by atoms with Crippen molar-refractivity contribution in [2.75, 3.05) is 26.2 Å². The Kier molecular flexibility index (Phi) is 8.19. The fraction of sp³-hybridized carbons (Fsp3) is 0.263. The number of hydrogen-bond acceptors (Lipinski definition) is 7. The number of carboxylic acids is 2. The lowest BCUT2D eigenvalue weighted by Crippen LogP contribution is -2.48. The Morgan fingerprint density at radius 1 is 0.935 bits per heavy atom. The molecule has 0 saturated carbocycles. The minimum absolute atomic E-state index is 0.0720. The summed E-state index contributed by atoms with van der Waals surface area (Å²) in [7, 11) is -3.46. The lowest BCUT2D eigenvalue weighted by Gasteiger charge is -2.34. The summed E-state index contributed by atoms with van der Waals surface area (Å²) in [6.07, 6.45) is 0. The van der Waals surface area contributed by atoms with Crippen LogP contribution >= 0.6 is 0 Å². The molecule has 1 aliphatic rings. The topological polar surface area (TPSA) is 158 Å². The van der Waals surface area contributed by atoms with Crippen molar-refractivity contribution in [2.24, 2.45) is 0 Å². The van der Waals surface area contributed by atoms with Crippen LogP contribution in [-0.2, 0) is 26.2 Å². The first-order valence-electron chi connectivity index (χ1n) is 9.08. The second-order valence-electron chi connectivity index (χ2n) is 6.53. The van der Waals surface area contributed by atoms with E-state index in [-0.39, 0.29) is 5.69 Å². The molecule has 11 nitrogen and oxygen atoms in total. The van der Waals surface area contributed by atoms with Crippen molar-refractivity contribution in [2.45, 2.75) is 11.4 Å². The van der Waals surface area contributed by atoms with Gasteiger partial charge in [-0.3, -0.25) is 15.0 Å². The van der Waals surface area contributed by atoms with Crippen LogP contribution in [0.3, 0.4) is 0 Å². The van der Waals surface area contributed by atoms with Gasteiger partial charge in [-0.1, -0.05) is 30.3 Å². The average molecular weight is 451 g/mol. The van der Waals surface area contributed by atoms with E-state index < -0.39 is 26.9 Å². The molecule has 166 valence electrons. The van der Waals surface area contributed by atoms with Crippen LogP contribution in [0, 0.1) is 10.1 Å². The monoisotopic (exact) mass is 451 g/mol. The van der Waals surface area contributed by atoms with E-state index in [0.29, 0.717) is 37.6 Å². The Labute approximate surface area is 178 Å². The van der Waals surface area contributed by atoms with E-state index in [4.69, 9.17) is 19.8 Å². The third-order valence-corrected chi connectivity index (χ3v) is 6.34. The van der Waals surface area contributed by atoms with Crippen molar-refractivity contribution in [1.82, 2.24) is 9.21 Å². The van der Waals surface area contributed by atoms with Gasteiger partial charge in [0.1, 0.15) is 0 Å². The maximum atomic E-state index is 12.6. The van der Waals surface area contributed by atoms with Crippen LogP contribution < -0.4 is 0 Å². The molecule has 0 amide bonds. The van der Waals surface area contributed by atoms with Crippen molar-refractivity contribution < 1.29 is 33.1 Å². The van der Waals surface area contributed by atoms with Crippen molar-refractivity contribution in [3.8, 4) is 0 Å². The van der Waals surface area contributed by atoms with Gasteiger partial charge in [0.2, 0.25) is 10.0 Å². The van der Waals surface area contributed by atoms with Crippen molar-refractivity contribution in [1.29, 1.82) is 0 Å². The normalized spacial score (nSPS) is 14.8. The second-order valence-corrected chi connectivity index (χ2v) is 8.47. The number of aliphatic carboxylic acids is 2. The van der Waals surface area contributed by atoms with Gasteiger partial charge in [0.25, 0.3) is 5.69 Å². The van der Waals surface area contributed by atoms with Gasteiger partial charge in [-0.25, -0.2) is 18.0 Å². The summed E-state index contributed by atoms with van der Waals surface area (Å²) < 4.78 is 26.7. The molecule has 0 spiro atoms. The molecule has 2 aromatic rings. The third kappa shape index (κ3) is 6.84. The zero-order valence-corrected chi connectivity index (χ0v) is 17.1. The van der Waals surface area contributed by atoms with Crippen LogP contribution in [0.2, 0.25) is 0 Å². The summed E-state index contributed by atoms with van der Waals surface area (Å²) >= 11 is 0. The molecule has 1 saturated heterocycles. The van der Waals surface area contributed by atoms with Crippen molar-refractivity contribution in [3.05, 3.63) is 70.3 Å². The molecule has 12 heteroatoms. The number of sulfonamides is 1. The van der Waals surface area contributed by atoms with Crippen LogP contribution in [0.5, 0.6) is 0 Å². The van der Waals surface area contributed by atoms with Crippen LogP contribution in [0.4, 0.5) is 5.69 Å². The number of nitrogens with zero attached hydrogens (tertiary/aromatic N) is 3. The smallest absolute Gasteiger partial charge is 0.414 e. The molecule has 0 aromatic heterocycles. The summed E-state index contributed by atoms with van der Waals surface area (Å²) in [6, 6.07) is 15.0. The Morgan fingerprint density at radius 2 is 1.52 bits per heavy atom. The SMILES string of the molecule is O=C(O)C(=O)O.O=[N+]([O-])c1cccc(CN2CCN(S(=O)(=O)c3ccccc3)CC2)c1. The molecular formula is C19H21N3O8S. The first-order valence-corrected chi connectivity index (χ1v) is 10.5. The fourth-order valence-electron chi connectivity index (χ4n) is 2.90. The molecule has 0 unspecified atom stereocenters. The minimum Gasteiger partial charge on any atom is -0.473 e. The number of nitro groups is 1. The van der Waals surface area contributed by atoms with Crippen LogP contribution in [0.25, 0.3) is 0 Å². The summed E-state index contributed by atoms with van der Waals surface area (Å²) in [5.74, 6) is -3.65. The maximum absolute atomic E-state index is 12.6. The first-order chi connectivity index (χ1) is 14.6. The van der Waals surface area contributed by atoms with Gasteiger partial charge in [0.15, 0.2) is 0 Å². The van der Waals surface area contributed by atoms with E-state index >= 15 is 0 Å². The molecule has 2 N–H and O–H groups in total. The number of carboxylic acid groups (broad SMARTS) is 2. The quantitative estimate of drug-likeness (QED) is 0.388. The number of hydrogen-bond donors (Lipinski definition) is 2. The largest absolute Gasteiger partial charge is 0.473 e. The highest BCUT2D eigenvalue weighted by Crippen LogP contribution is 2.19. The molecule has 1 aliphatic heterocycles. The molecule has 31 heavy (non-hydrogen) atoms. The standard InChI is InChI=1S/C17H19N3O4S.C2H2O4/c21-20(22)16-6-4-5-15(13-16)14-18-9-11-19(12-10-18)25(23,24)17-7-2-1-3-8-17;3-1(4)2(5)6/h1-8,13H,9-12,14H2;(H,3,4)(H,5,6). The van der Waals surface area contributed by atoms with Gasteiger partial charge in [0.05, 0.1) is 9.82 Å². The molecule has 0 aliphatic carbocycles. The maximum Gasteiger partial charge on any atom is 0.414 e. The first kappa shape index (κ1) is 23.9. The Balaban J connectivity index is 0.000000501. The highest BCUT2D eigenvalue weighted by molar-refractivity contribution is 7.89. The van der Waals surface area contributed by atoms with Crippen LogP contribution in [-0.4, -0.2) is 70.9 Å². The van der Waals surface area contributed by atoms with E-state index in [0.717, 1.165) is 5.56 Å². The van der Waals surface area contributed by atoms with E-state index in [1.165, 1.54) is 10.4 Å². The zero-order valence-electron chi connectivity index (χ0n) is 16.3. The lowest BCUT2D eigenvalue weighted by atomic mass is 10.2. The molecule has 1 heterocycles. The second kappa shape index (κ2) is 10.6. The van der Waals surface area contributed by atoms with Gasteiger partial charge in [0, 0.05) is 44.9 Å². The van der Waals surface area contributed by atoms with E-state index in [9.17, 15) is 18.5 Å². The van der Waals surface area contributed by atoms with Gasteiger partial charge < -0.3 is 10.2 Å². The fourth-order valence-corrected chi connectivity index (χ4v) is 4.34. The number of rotatable bonds is 5. The number of piperazine rings is 1. The van der Waals surface area contributed by atoms with Gasteiger partial charge in [-0.15, -0.1) is 0 Å². The average Bonchev–Trinajstić information content (AvgIpc) is 2.75. The number of non-ortho nitro benzene ring substituents is 1. The number of carbonyl (C=O) groups is 2. The van der Waals surface area contributed by atoms with Gasteiger partial charge in [-0.2, -0.15) is 4.31 Å². The van der Waals surface area contributed by atoms with E-state index in [1.807, 2.05) is 6.07 Å². The molecule has 1 fully saturated rings. The molecular weight excluding hydrogens is 430 g/mol. The Bertz CT molecular complexity index is 1020. The zero-order chi connectivity index (χ0) is 23.0. The van der Waals surface area contributed by atoms with Crippen molar-refractivity contribution >= 4 is 27.6 Å². The summed E-state index contributed by atoms with van der Waals surface area (Å²) in [5, 5.41) is 25.6. The van der Waals surface area contributed by atoms with Crippen molar-refractivity contribution in [3.63, 3.8) is 0 Å². The Morgan fingerprint density at radius 3 is 2.03 bits per heavy atom. The molecule has 2 aromatic carbocycles. The minimum atomic E-state index is -3.46. The summed E-state index contributed by atoms with van der Waals surface area (Å²) in [4.78, 5) is 31.1. The van der Waals surface area contributed by atoms with E-state index in [1.54, 1.807) is 42.5 Å². The van der Waals surface area contributed by atoms with Crippen LogP contribution in [0.1, 0.15) is 5.56 Å². The highest BCUT2D eigenvalue weighted by atomic mass is 32.2. The molecule has 0 radical (unpaired) electrons.